The van der Waals surface area contributed by atoms with Gasteiger partial charge >= 0.3 is 0 Å². The van der Waals surface area contributed by atoms with Gasteiger partial charge in [-0.05, 0) is 24.3 Å². The van der Waals surface area contributed by atoms with E-state index < -0.39 is 0 Å². The van der Waals surface area contributed by atoms with Gasteiger partial charge in [-0.15, -0.1) is 19.0 Å². The van der Waals surface area contributed by atoms with E-state index in [2.05, 4.69) is 22.2 Å². The highest BCUT2D eigenvalue weighted by molar-refractivity contribution is 5.85. The number of furan rings is 1. The number of imidazole rings is 1. The average Bonchev–Trinajstić information content (AvgIpc) is 2.97. The Morgan fingerprint density at radius 2 is 2.06 bits per heavy atom. The molecule has 2 aromatic heterocycles. The molecule has 1 aromatic carbocycles. The molecule has 18 heavy (non-hydrogen) atoms. The summed E-state index contributed by atoms with van der Waals surface area (Å²) < 4.78 is 7.52. The predicted molar refractivity (Wildman–Crippen MR) is 74.9 cm³/mol. The lowest BCUT2D eigenvalue weighted by Gasteiger charge is -2.03. The van der Waals surface area contributed by atoms with Gasteiger partial charge in [0, 0.05) is 6.54 Å². The van der Waals surface area contributed by atoms with Crippen molar-refractivity contribution in [3.05, 3.63) is 55.3 Å². The molecule has 0 atom stereocenters. The molecule has 3 rings (SSSR count). The molecule has 3 nitrogen and oxygen atoms in total. The zero-order valence-corrected chi connectivity index (χ0v) is 10.6. The number of halogens is 1. The first-order chi connectivity index (χ1) is 8.40. The maximum absolute atomic E-state index is 5.42. The number of hydrogen-bond donors (Lipinski definition) is 0. The molecule has 0 radical (unpaired) electrons. The molecular formula is C14H13ClN2O. The van der Waals surface area contributed by atoms with E-state index >= 15 is 0 Å². The molecule has 0 aliphatic rings. The van der Waals surface area contributed by atoms with Crippen LogP contribution in [0.4, 0.5) is 0 Å². The summed E-state index contributed by atoms with van der Waals surface area (Å²) in [5.74, 6) is 1.62. The van der Waals surface area contributed by atoms with Crippen molar-refractivity contribution in [3.8, 4) is 11.6 Å². The van der Waals surface area contributed by atoms with E-state index in [0.717, 1.165) is 29.2 Å². The summed E-state index contributed by atoms with van der Waals surface area (Å²) >= 11 is 0. The zero-order valence-electron chi connectivity index (χ0n) is 9.74. The minimum absolute atomic E-state index is 0. The topological polar surface area (TPSA) is 31.0 Å². The number of benzene rings is 1. The largest absolute Gasteiger partial charge is 0.461 e. The molecule has 4 heteroatoms. The Labute approximate surface area is 111 Å². The Hall–Kier alpha value is -2.00. The summed E-state index contributed by atoms with van der Waals surface area (Å²) in [6, 6.07) is 11.8. The van der Waals surface area contributed by atoms with Crippen molar-refractivity contribution >= 4 is 23.4 Å². The van der Waals surface area contributed by atoms with Crippen molar-refractivity contribution in [2.45, 2.75) is 6.54 Å². The van der Waals surface area contributed by atoms with E-state index in [-0.39, 0.29) is 12.4 Å². The highest BCUT2D eigenvalue weighted by Gasteiger charge is 2.12. The fourth-order valence-electron chi connectivity index (χ4n) is 1.98. The summed E-state index contributed by atoms with van der Waals surface area (Å²) in [7, 11) is 0. The number of rotatable bonds is 3. The standard InChI is InChI=1S/C14H12N2O.ClH/c1-2-9-16-12-7-4-3-6-11(12)15-14(16)13-8-5-10-17-13;/h2-8,10H,1,9H2;1H. The number of aromatic nitrogens is 2. The van der Waals surface area contributed by atoms with Crippen LogP contribution in [0.15, 0.2) is 59.7 Å². The van der Waals surface area contributed by atoms with Crippen LogP contribution in [0.25, 0.3) is 22.6 Å². The van der Waals surface area contributed by atoms with Crippen molar-refractivity contribution in [1.82, 2.24) is 9.55 Å². The number of para-hydroxylation sites is 2. The predicted octanol–water partition coefficient (Wildman–Crippen LogP) is 3.90. The summed E-state index contributed by atoms with van der Waals surface area (Å²) in [4.78, 5) is 4.60. The third-order valence-electron chi connectivity index (χ3n) is 2.71. The van der Waals surface area contributed by atoms with E-state index in [1.807, 2.05) is 36.4 Å². The van der Waals surface area contributed by atoms with Gasteiger partial charge in [-0.25, -0.2) is 4.98 Å². The average molecular weight is 261 g/mol. The van der Waals surface area contributed by atoms with Crippen LogP contribution in [0.2, 0.25) is 0 Å². The van der Waals surface area contributed by atoms with Gasteiger partial charge in [-0.1, -0.05) is 18.2 Å². The molecule has 0 aliphatic carbocycles. The van der Waals surface area contributed by atoms with E-state index in [9.17, 15) is 0 Å². The fraction of sp³-hybridized carbons (Fsp3) is 0.0714. The van der Waals surface area contributed by atoms with Gasteiger partial charge in [0.05, 0.1) is 17.3 Å². The zero-order chi connectivity index (χ0) is 11.7. The van der Waals surface area contributed by atoms with E-state index in [1.54, 1.807) is 6.26 Å². The summed E-state index contributed by atoms with van der Waals surface area (Å²) in [5.41, 5.74) is 2.07. The van der Waals surface area contributed by atoms with Gasteiger partial charge in [0.1, 0.15) is 0 Å². The van der Waals surface area contributed by atoms with E-state index in [1.165, 1.54) is 0 Å². The molecule has 0 saturated heterocycles. The van der Waals surface area contributed by atoms with Gasteiger partial charge in [-0.3, -0.25) is 0 Å². The molecule has 0 fully saturated rings. The third-order valence-corrected chi connectivity index (χ3v) is 2.71. The summed E-state index contributed by atoms with van der Waals surface area (Å²) in [6.45, 7) is 4.50. The Morgan fingerprint density at radius 3 is 2.78 bits per heavy atom. The van der Waals surface area contributed by atoms with Crippen LogP contribution in [-0.2, 0) is 6.54 Å². The highest BCUT2D eigenvalue weighted by Crippen LogP contribution is 2.24. The van der Waals surface area contributed by atoms with Crippen LogP contribution in [0, 0.1) is 0 Å². The Morgan fingerprint density at radius 1 is 1.22 bits per heavy atom. The van der Waals surface area contributed by atoms with E-state index in [0.29, 0.717) is 0 Å². The lowest BCUT2D eigenvalue weighted by molar-refractivity contribution is 0.573. The molecule has 3 aromatic rings. The van der Waals surface area contributed by atoms with Crippen LogP contribution in [0.5, 0.6) is 0 Å². The lowest BCUT2D eigenvalue weighted by Crippen LogP contribution is -1.97. The van der Waals surface area contributed by atoms with Crippen LogP contribution >= 0.6 is 12.4 Å². The summed E-state index contributed by atoms with van der Waals surface area (Å²) in [5, 5.41) is 0. The van der Waals surface area contributed by atoms with Gasteiger partial charge in [0.25, 0.3) is 0 Å². The molecule has 0 bridgehead atoms. The number of allylic oxidation sites excluding steroid dienone is 1. The van der Waals surface area contributed by atoms with Crippen molar-refractivity contribution in [3.63, 3.8) is 0 Å². The van der Waals surface area contributed by atoms with Crippen molar-refractivity contribution in [2.75, 3.05) is 0 Å². The molecule has 92 valence electrons. The van der Waals surface area contributed by atoms with Crippen LogP contribution in [0.3, 0.4) is 0 Å². The monoisotopic (exact) mass is 260 g/mol. The minimum Gasteiger partial charge on any atom is -0.461 e. The fourth-order valence-corrected chi connectivity index (χ4v) is 1.98. The molecule has 0 saturated carbocycles. The first-order valence-corrected chi connectivity index (χ1v) is 5.50. The van der Waals surface area contributed by atoms with Crippen LogP contribution in [0.1, 0.15) is 0 Å². The Kier molecular flexibility index (Phi) is 3.53. The molecule has 0 unspecified atom stereocenters. The maximum Gasteiger partial charge on any atom is 0.177 e. The van der Waals surface area contributed by atoms with Gasteiger partial charge in [0.2, 0.25) is 0 Å². The van der Waals surface area contributed by atoms with Crippen LogP contribution in [-0.4, -0.2) is 9.55 Å². The molecule has 0 spiro atoms. The molecule has 2 heterocycles. The molecule has 0 N–H and O–H groups in total. The summed E-state index contributed by atoms with van der Waals surface area (Å²) in [6.07, 6.45) is 3.52. The lowest BCUT2D eigenvalue weighted by atomic mass is 10.3. The SMILES string of the molecule is C=CCn1c(-c2ccco2)nc2ccccc21.Cl. The van der Waals surface area contributed by atoms with Gasteiger partial charge in [0.15, 0.2) is 11.6 Å². The third kappa shape index (κ3) is 1.93. The smallest absolute Gasteiger partial charge is 0.177 e. The van der Waals surface area contributed by atoms with Crippen molar-refractivity contribution < 1.29 is 4.42 Å². The second kappa shape index (κ2) is 5.10. The highest BCUT2D eigenvalue weighted by atomic mass is 35.5. The molecule has 0 amide bonds. The van der Waals surface area contributed by atoms with Crippen LogP contribution < -0.4 is 0 Å². The molecule has 0 aliphatic heterocycles. The second-order valence-electron chi connectivity index (χ2n) is 3.80. The number of nitrogens with zero attached hydrogens (tertiary/aromatic N) is 2. The number of fused-ring (bicyclic) bond motifs is 1. The maximum atomic E-state index is 5.42. The van der Waals surface area contributed by atoms with Gasteiger partial charge in [-0.2, -0.15) is 0 Å². The number of hydrogen-bond acceptors (Lipinski definition) is 2. The first kappa shape index (κ1) is 12.5. The molecular weight excluding hydrogens is 248 g/mol. The normalized spacial score (nSPS) is 10.2. The minimum atomic E-state index is 0. The Balaban J connectivity index is 0.00000120. The van der Waals surface area contributed by atoms with Crippen molar-refractivity contribution in [1.29, 1.82) is 0 Å². The van der Waals surface area contributed by atoms with E-state index in [4.69, 9.17) is 4.42 Å². The second-order valence-corrected chi connectivity index (χ2v) is 3.80. The first-order valence-electron chi connectivity index (χ1n) is 5.50. The quantitative estimate of drug-likeness (QED) is 0.669. The van der Waals surface area contributed by atoms with Crippen molar-refractivity contribution in [2.24, 2.45) is 0 Å². The Bertz CT molecular complexity index is 656. The van der Waals surface area contributed by atoms with Gasteiger partial charge < -0.3 is 8.98 Å².